The first kappa shape index (κ1) is 14.9. The van der Waals surface area contributed by atoms with Crippen LogP contribution in [0.4, 0.5) is 0 Å². The molecule has 1 aliphatic heterocycles. The van der Waals surface area contributed by atoms with E-state index in [1.54, 1.807) is 26.0 Å². The van der Waals surface area contributed by atoms with E-state index in [0.717, 1.165) is 0 Å². The van der Waals surface area contributed by atoms with E-state index in [1.165, 1.54) is 25.3 Å². The van der Waals surface area contributed by atoms with Crippen LogP contribution in [-0.4, -0.2) is 29.9 Å². The van der Waals surface area contributed by atoms with Gasteiger partial charge in [0.1, 0.15) is 5.75 Å². The molecular weight excluding hydrogens is 276 g/mol. The number of carbonyl (C=O) groups is 2. The molecule has 1 atom stereocenters. The van der Waals surface area contributed by atoms with Crippen molar-refractivity contribution in [2.24, 2.45) is 5.92 Å². The van der Waals surface area contributed by atoms with Crippen LogP contribution in [0.15, 0.2) is 30.0 Å². The Morgan fingerprint density at radius 1 is 1.29 bits per heavy atom. The lowest BCUT2D eigenvalue weighted by molar-refractivity contribution is -0.215. The molecule has 6 nitrogen and oxygen atoms in total. The third-order valence-electron chi connectivity index (χ3n) is 3.13. The summed E-state index contributed by atoms with van der Waals surface area (Å²) in [6.07, 6.45) is 1.44. The highest BCUT2D eigenvalue weighted by Gasteiger charge is 2.56. The van der Waals surface area contributed by atoms with Gasteiger partial charge in [-0.1, -0.05) is 26.0 Å². The van der Waals surface area contributed by atoms with Crippen molar-refractivity contribution in [3.63, 3.8) is 0 Å². The second-order valence-corrected chi connectivity index (χ2v) is 4.91. The summed E-state index contributed by atoms with van der Waals surface area (Å²) in [6.45, 7) is 3.38. The fourth-order valence-corrected chi connectivity index (χ4v) is 1.92. The normalized spacial score (nSPS) is 23.0. The average molecular weight is 292 g/mol. The minimum Gasteiger partial charge on any atom is -0.508 e. The molecule has 0 bridgehead atoms. The summed E-state index contributed by atoms with van der Waals surface area (Å²) in [7, 11) is 1.20. The first-order chi connectivity index (χ1) is 9.89. The van der Waals surface area contributed by atoms with E-state index in [1.807, 2.05) is 0 Å². The van der Waals surface area contributed by atoms with Crippen LogP contribution in [0.3, 0.4) is 0 Å². The maximum atomic E-state index is 11.9. The standard InChI is InChI=1S/C15H16O6/c1-9(2)15(14(18)19-3)20-12(13(17)21-15)8-10-4-6-11(16)7-5-10/h4-9,16H,1-3H3/b12-8+/t15-/m0/s1. The molecule has 0 aromatic heterocycles. The van der Waals surface area contributed by atoms with Gasteiger partial charge in [-0.3, -0.25) is 0 Å². The van der Waals surface area contributed by atoms with Crippen LogP contribution in [0.1, 0.15) is 19.4 Å². The number of benzene rings is 1. The van der Waals surface area contributed by atoms with Crippen LogP contribution in [-0.2, 0) is 23.8 Å². The van der Waals surface area contributed by atoms with Crippen LogP contribution >= 0.6 is 0 Å². The Morgan fingerprint density at radius 3 is 2.43 bits per heavy atom. The molecule has 1 saturated heterocycles. The van der Waals surface area contributed by atoms with Gasteiger partial charge >= 0.3 is 17.7 Å². The molecule has 1 fully saturated rings. The lowest BCUT2D eigenvalue weighted by atomic mass is 10.0. The fraction of sp³-hybridized carbons (Fsp3) is 0.333. The number of phenolic OH excluding ortho intramolecular Hbond substituents is 1. The maximum Gasteiger partial charge on any atom is 0.392 e. The van der Waals surface area contributed by atoms with Crippen molar-refractivity contribution < 1.29 is 28.9 Å². The van der Waals surface area contributed by atoms with Gasteiger partial charge in [0, 0.05) is 5.92 Å². The second-order valence-electron chi connectivity index (χ2n) is 4.91. The highest BCUT2D eigenvalue weighted by atomic mass is 16.8. The third-order valence-corrected chi connectivity index (χ3v) is 3.13. The van der Waals surface area contributed by atoms with Crippen molar-refractivity contribution in [2.45, 2.75) is 19.6 Å². The van der Waals surface area contributed by atoms with E-state index in [-0.39, 0.29) is 11.5 Å². The van der Waals surface area contributed by atoms with Crippen molar-refractivity contribution in [1.29, 1.82) is 0 Å². The van der Waals surface area contributed by atoms with E-state index in [4.69, 9.17) is 9.47 Å². The summed E-state index contributed by atoms with van der Waals surface area (Å²) in [5.74, 6) is -3.64. The first-order valence-corrected chi connectivity index (χ1v) is 6.40. The Balaban J connectivity index is 2.33. The fourth-order valence-electron chi connectivity index (χ4n) is 1.92. The van der Waals surface area contributed by atoms with Gasteiger partial charge in [0.05, 0.1) is 7.11 Å². The molecule has 1 aromatic carbocycles. The van der Waals surface area contributed by atoms with E-state index in [2.05, 4.69) is 4.74 Å². The zero-order valence-electron chi connectivity index (χ0n) is 12.0. The SMILES string of the molecule is COC(=O)[C@]1(C(C)C)OC(=O)/C(=C\c2ccc(O)cc2)O1. The summed E-state index contributed by atoms with van der Waals surface area (Å²) in [6, 6.07) is 6.16. The highest BCUT2D eigenvalue weighted by Crippen LogP contribution is 2.36. The first-order valence-electron chi connectivity index (χ1n) is 6.40. The molecule has 1 aliphatic rings. The van der Waals surface area contributed by atoms with E-state index in [0.29, 0.717) is 5.56 Å². The molecule has 1 N–H and O–H groups in total. The molecule has 0 radical (unpaired) electrons. The molecule has 0 saturated carbocycles. The van der Waals surface area contributed by atoms with Crippen LogP contribution in [0.25, 0.3) is 6.08 Å². The number of rotatable bonds is 3. The van der Waals surface area contributed by atoms with Crippen LogP contribution in [0, 0.1) is 5.92 Å². The van der Waals surface area contributed by atoms with Gasteiger partial charge < -0.3 is 19.3 Å². The number of methoxy groups -OCH3 is 1. The van der Waals surface area contributed by atoms with E-state index < -0.39 is 23.6 Å². The molecule has 0 spiro atoms. The third kappa shape index (κ3) is 2.69. The molecule has 0 aliphatic carbocycles. The van der Waals surface area contributed by atoms with Gasteiger partial charge in [0.15, 0.2) is 0 Å². The molecule has 0 amide bonds. The largest absolute Gasteiger partial charge is 0.508 e. The van der Waals surface area contributed by atoms with Crippen LogP contribution in [0.2, 0.25) is 0 Å². The Hall–Kier alpha value is -2.50. The number of ether oxygens (including phenoxy) is 3. The van der Waals surface area contributed by atoms with Crippen molar-refractivity contribution in [1.82, 2.24) is 0 Å². The summed E-state index contributed by atoms with van der Waals surface area (Å²) in [5.41, 5.74) is 0.629. The number of carbonyl (C=O) groups excluding carboxylic acids is 2. The Bertz CT molecular complexity index is 587. The average Bonchev–Trinajstić information content (AvgIpc) is 2.79. The number of esters is 2. The van der Waals surface area contributed by atoms with Gasteiger partial charge in [-0.25, -0.2) is 9.59 Å². The van der Waals surface area contributed by atoms with Gasteiger partial charge in [-0.05, 0) is 23.8 Å². The van der Waals surface area contributed by atoms with Crippen molar-refractivity contribution in [3.8, 4) is 5.75 Å². The molecule has 0 unspecified atom stereocenters. The Kier molecular flexibility index (Phi) is 3.88. The maximum absolute atomic E-state index is 11.9. The molecular formula is C15H16O6. The molecule has 6 heteroatoms. The van der Waals surface area contributed by atoms with Crippen LogP contribution < -0.4 is 0 Å². The lowest BCUT2D eigenvalue weighted by Gasteiger charge is -2.26. The molecule has 112 valence electrons. The molecule has 21 heavy (non-hydrogen) atoms. The predicted octanol–water partition coefficient (Wildman–Crippen LogP) is 1.83. The molecule has 1 heterocycles. The monoisotopic (exact) mass is 292 g/mol. The molecule has 2 rings (SSSR count). The van der Waals surface area contributed by atoms with Gasteiger partial charge in [0.25, 0.3) is 0 Å². The summed E-state index contributed by atoms with van der Waals surface area (Å²) < 4.78 is 15.2. The smallest absolute Gasteiger partial charge is 0.392 e. The Morgan fingerprint density at radius 2 is 1.90 bits per heavy atom. The van der Waals surface area contributed by atoms with E-state index in [9.17, 15) is 14.7 Å². The minimum absolute atomic E-state index is 0.0835. The van der Waals surface area contributed by atoms with Crippen molar-refractivity contribution >= 4 is 18.0 Å². The number of hydrogen-bond donors (Lipinski definition) is 1. The van der Waals surface area contributed by atoms with Crippen molar-refractivity contribution in [3.05, 3.63) is 35.6 Å². The number of hydrogen-bond acceptors (Lipinski definition) is 6. The summed E-state index contributed by atoms with van der Waals surface area (Å²) in [5, 5.41) is 9.23. The quantitative estimate of drug-likeness (QED) is 0.676. The number of phenols is 1. The summed E-state index contributed by atoms with van der Waals surface area (Å²) in [4.78, 5) is 23.8. The summed E-state index contributed by atoms with van der Waals surface area (Å²) >= 11 is 0. The van der Waals surface area contributed by atoms with Gasteiger partial charge in [-0.2, -0.15) is 0 Å². The Labute approximate surface area is 121 Å². The second kappa shape index (κ2) is 5.47. The minimum atomic E-state index is -1.76. The topological polar surface area (TPSA) is 82.1 Å². The number of cyclic esters (lactones) is 1. The lowest BCUT2D eigenvalue weighted by Crippen LogP contribution is -2.46. The predicted molar refractivity (Wildman–Crippen MR) is 72.8 cm³/mol. The van der Waals surface area contributed by atoms with Gasteiger partial charge in [-0.15, -0.1) is 0 Å². The van der Waals surface area contributed by atoms with Crippen molar-refractivity contribution in [2.75, 3.05) is 7.11 Å². The highest BCUT2D eigenvalue weighted by molar-refractivity contribution is 5.97. The van der Waals surface area contributed by atoms with Crippen LogP contribution in [0.5, 0.6) is 5.75 Å². The number of aromatic hydroxyl groups is 1. The zero-order chi connectivity index (χ0) is 15.6. The van der Waals surface area contributed by atoms with E-state index >= 15 is 0 Å². The zero-order valence-corrected chi connectivity index (χ0v) is 12.0. The molecule has 1 aromatic rings. The van der Waals surface area contributed by atoms with Gasteiger partial charge in [0.2, 0.25) is 5.76 Å².